The summed E-state index contributed by atoms with van der Waals surface area (Å²) in [7, 11) is 0. The Morgan fingerprint density at radius 2 is 1.80 bits per heavy atom. The zero-order chi connectivity index (χ0) is 14.0. The van der Waals surface area contributed by atoms with Crippen LogP contribution in [0.2, 0.25) is 0 Å². The molecule has 0 N–H and O–H groups in total. The van der Waals surface area contributed by atoms with Crippen molar-refractivity contribution in [2.45, 2.75) is 51.9 Å². The van der Waals surface area contributed by atoms with Gasteiger partial charge in [-0.25, -0.2) is 0 Å². The van der Waals surface area contributed by atoms with Crippen molar-refractivity contribution in [2.75, 3.05) is 19.6 Å². The minimum absolute atomic E-state index is 0.272. The van der Waals surface area contributed by atoms with Crippen LogP contribution in [0, 0.1) is 22.7 Å². The molecule has 0 radical (unpaired) electrons. The third-order valence-corrected chi connectivity index (χ3v) is 6.85. The van der Waals surface area contributed by atoms with E-state index >= 15 is 0 Å². The Morgan fingerprint density at radius 3 is 2.60 bits per heavy atom. The molecule has 2 saturated heterocycles. The molecule has 3 heteroatoms. The molecule has 110 valence electrons. The molecular formula is C17H25NO2. The second kappa shape index (κ2) is 4.16. The third-order valence-electron chi connectivity index (χ3n) is 6.85. The zero-order valence-electron chi connectivity index (χ0n) is 12.5. The van der Waals surface area contributed by atoms with Gasteiger partial charge >= 0.3 is 0 Å². The Bertz CT molecular complexity index is 474. The molecule has 5 atom stereocenters. The number of fused-ring (bicyclic) bond motifs is 1. The van der Waals surface area contributed by atoms with Crippen molar-refractivity contribution in [1.82, 2.24) is 4.90 Å². The number of rotatable bonds is 0. The fraction of sp³-hybridized carbons (Fsp3) is 0.882. The molecule has 3 nitrogen and oxygen atoms in total. The molecule has 20 heavy (non-hydrogen) atoms. The Labute approximate surface area is 121 Å². The summed E-state index contributed by atoms with van der Waals surface area (Å²) < 4.78 is 0. The van der Waals surface area contributed by atoms with E-state index in [1.165, 1.54) is 0 Å². The average molecular weight is 275 g/mol. The maximum Gasteiger partial charge on any atom is 0.141 e. The van der Waals surface area contributed by atoms with Crippen LogP contribution in [-0.4, -0.2) is 36.1 Å². The van der Waals surface area contributed by atoms with Gasteiger partial charge in [0.15, 0.2) is 0 Å². The highest BCUT2D eigenvalue weighted by Gasteiger charge is 2.69. The highest BCUT2D eigenvalue weighted by molar-refractivity contribution is 6.00. The van der Waals surface area contributed by atoms with E-state index in [1.807, 2.05) is 0 Å². The van der Waals surface area contributed by atoms with Crippen molar-refractivity contribution in [3.8, 4) is 0 Å². The van der Waals surface area contributed by atoms with Crippen molar-refractivity contribution >= 4 is 11.6 Å². The summed E-state index contributed by atoms with van der Waals surface area (Å²) in [5, 5.41) is 0. The number of ketones is 2. The van der Waals surface area contributed by atoms with Crippen LogP contribution < -0.4 is 0 Å². The Kier molecular flexibility index (Phi) is 2.70. The van der Waals surface area contributed by atoms with Gasteiger partial charge in [0, 0.05) is 24.8 Å². The summed E-state index contributed by atoms with van der Waals surface area (Å²) in [4.78, 5) is 28.5. The highest BCUT2D eigenvalue weighted by Crippen LogP contribution is 2.65. The smallest absolute Gasteiger partial charge is 0.141 e. The molecule has 0 aromatic rings. The Hall–Kier alpha value is -0.700. The third kappa shape index (κ3) is 1.40. The van der Waals surface area contributed by atoms with Crippen LogP contribution >= 0.6 is 0 Å². The normalized spacial score (nSPS) is 51.4. The van der Waals surface area contributed by atoms with Gasteiger partial charge < -0.3 is 4.90 Å². The molecule has 4 aliphatic rings. The van der Waals surface area contributed by atoms with Crippen molar-refractivity contribution in [3.05, 3.63) is 0 Å². The van der Waals surface area contributed by atoms with Gasteiger partial charge in [-0.2, -0.15) is 0 Å². The maximum atomic E-state index is 13.1. The molecule has 2 bridgehead atoms. The molecule has 2 heterocycles. The predicted octanol–water partition coefficient (Wildman–Crippen LogP) is 2.44. The number of piperidine rings is 1. The van der Waals surface area contributed by atoms with Gasteiger partial charge in [-0.3, -0.25) is 9.59 Å². The number of hydrogen-bond donors (Lipinski definition) is 0. The summed E-state index contributed by atoms with van der Waals surface area (Å²) in [6.07, 6.45) is 6.65. The fourth-order valence-corrected chi connectivity index (χ4v) is 6.17. The van der Waals surface area contributed by atoms with Gasteiger partial charge in [0.1, 0.15) is 11.6 Å². The second-order valence-electron chi connectivity index (χ2n) is 7.83. The molecule has 2 aliphatic heterocycles. The topological polar surface area (TPSA) is 37.4 Å². The quantitative estimate of drug-likeness (QED) is 0.681. The average Bonchev–Trinajstić information content (AvgIpc) is 2.55. The van der Waals surface area contributed by atoms with Crippen LogP contribution in [0.3, 0.4) is 0 Å². The van der Waals surface area contributed by atoms with Crippen LogP contribution in [-0.2, 0) is 9.59 Å². The van der Waals surface area contributed by atoms with Crippen LogP contribution in [0.15, 0.2) is 0 Å². The Morgan fingerprint density at radius 1 is 1.05 bits per heavy atom. The monoisotopic (exact) mass is 275 g/mol. The van der Waals surface area contributed by atoms with Gasteiger partial charge in [0.25, 0.3) is 0 Å². The van der Waals surface area contributed by atoms with Crippen molar-refractivity contribution in [2.24, 2.45) is 22.7 Å². The molecular weight excluding hydrogens is 250 g/mol. The molecule has 4 rings (SSSR count). The lowest BCUT2D eigenvalue weighted by atomic mass is 9.51. The summed E-state index contributed by atoms with van der Waals surface area (Å²) in [5.41, 5.74) is -0.574. The van der Waals surface area contributed by atoms with E-state index in [1.54, 1.807) is 0 Å². The molecule has 2 aliphatic carbocycles. The zero-order valence-corrected chi connectivity index (χ0v) is 12.5. The molecule has 2 saturated carbocycles. The first kappa shape index (κ1) is 13.0. The van der Waals surface area contributed by atoms with E-state index in [4.69, 9.17) is 0 Å². The lowest BCUT2D eigenvalue weighted by molar-refractivity contribution is -0.153. The van der Waals surface area contributed by atoms with E-state index in [9.17, 15) is 9.59 Å². The molecule has 0 amide bonds. The number of carbonyl (C=O) groups is 2. The lowest BCUT2D eigenvalue weighted by Gasteiger charge is -2.51. The van der Waals surface area contributed by atoms with Gasteiger partial charge in [-0.1, -0.05) is 6.92 Å². The van der Waals surface area contributed by atoms with Gasteiger partial charge in [-0.15, -0.1) is 0 Å². The predicted molar refractivity (Wildman–Crippen MR) is 76.3 cm³/mol. The molecule has 2 spiro atoms. The van der Waals surface area contributed by atoms with Crippen LogP contribution in [0.25, 0.3) is 0 Å². The summed E-state index contributed by atoms with van der Waals surface area (Å²) >= 11 is 0. The van der Waals surface area contributed by atoms with E-state index < -0.39 is 0 Å². The van der Waals surface area contributed by atoms with E-state index in [-0.39, 0.29) is 10.8 Å². The van der Waals surface area contributed by atoms with Crippen LogP contribution in [0.4, 0.5) is 0 Å². The van der Waals surface area contributed by atoms with E-state index in [2.05, 4.69) is 11.8 Å². The van der Waals surface area contributed by atoms with Gasteiger partial charge in [0.2, 0.25) is 0 Å². The minimum atomic E-state index is -0.302. The largest absolute Gasteiger partial charge is 0.302 e. The summed E-state index contributed by atoms with van der Waals surface area (Å²) in [5.74, 6) is 1.70. The van der Waals surface area contributed by atoms with Gasteiger partial charge in [-0.05, 0) is 57.0 Å². The molecule has 4 fully saturated rings. The fourth-order valence-electron chi connectivity index (χ4n) is 6.17. The van der Waals surface area contributed by atoms with E-state index in [0.29, 0.717) is 36.2 Å². The Balaban J connectivity index is 1.86. The first-order chi connectivity index (χ1) is 9.58. The summed E-state index contributed by atoms with van der Waals surface area (Å²) in [6, 6.07) is 0. The summed E-state index contributed by atoms with van der Waals surface area (Å²) in [6.45, 7) is 5.28. The lowest BCUT2D eigenvalue weighted by Crippen LogP contribution is -2.57. The highest BCUT2D eigenvalue weighted by atomic mass is 16.1. The maximum absolute atomic E-state index is 13.1. The standard InChI is InChI=1S/C17H25NO2/c1-12-8-13-10-14(19)16-4-2-6-18(11-16)7-3-5-17(13,16)15(20)9-12/h12-13H,2-11H2,1H3. The molecule has 5 unspecified atom stereocenters. The van der Waals surface area contributed by atoms with E-state index in [0.717, 1.165) is 51.7 Å². The first-order valence-electron chi connectivity index (χ1n) is 8.37. The van der Waals surface area contributed by atoms with Gasteiger partial charge in [0.05, 0.1) is 5.41 Å². The SMILES string of the molecule is CC1CC(=O)C23CCCN4CCCC2(C4)C(=O)CC3C1. The number of carbonyl (C=O) groups excluding carboxylic acids is 2. The minimum Gasteiger partial charge on any atom is -0.302 e. The number of nitrogens with zero attached hydrogens (tertiary/aromatic N) is 1. The molecule has 0 aromatic heterocycles. The number of Topliss-reactive ketones (excluding diaryl/α,β-unsaturated/α-hetero) is 2. The second-order valence-corrected chi connectivity index (χ2v) is 7.83. The number of hydrogen-bond acceptors (Lipinski definition) is 3. The van der Waals surface area contributed by atoms with Crippen molar-refractivity contribution in [1.29, 1.82) is 0 Å². The van der Waals surface area contributed by atoms with Crippen LogP contribution in [0.5, 0.6) is 0 Å². The van der Waals surface area contributed by atoms with Crippen molar-refractivity contribution < 1.29 is 9.59 Å². The first-order valence-corrected chi connectivity index (χ1v) is 8.37. The molecule has 0 aromatic carbocycles. The van der Waals surface area contributed by atoms with Crippen molar-refractivity contribution in [3.63, 3.8) is 0 Å². The van der Waals surface area contributed by atoms with Crippen LogP contribution in [0.1, 0.15) is 51.9 Å².